The van der Waals surface area contributed by atoms with E-state index < -0.39 is 0 Å². The van der Waals surface area contributed by atoms with Crippen LogP contribution in [0.25, 0.3) is 6.08 Å². The van der Waals surface area contributed by atoms with Gasteiger partial charge in [-0.05, 0) is 44.9 Å². The number of hydrogen-bond acceptors (Lipinski definition) is 4. The molecule has 20 heavy (non-hydrogen) atoms. The Morgan fingerprint density at radius 3 is 2.75 bits per heavy atom. The van der Waals surface area contributed by atoms with E-state index in [0.717, 1.165) is 18.6 Å². The van der Waals surface area contributed by atoms with E-state index in [-0.39, 0.29) is 24.5 Å². The van der Waals surface area contributed by atoms with Gasteiger partial charge in [-0.1, -0.05) is 0 Å². The minimum atomic E-state index is -0.366. The molecule has 1 amide bonds. The largest absolute Gasteiger partial charge is 0.465 e. The van der Waals surface area contributed by atoms with Crippen LogP contribution in [0.1, 0.15) is 31.3 Å². The van der Waals surface area contributed by atoms with Gasteiger partial charge in [0, 0.05) is 12.1 Å². The Bertz CT molecular complexity index is 514. The molecule has 0 atom stereocenters. The van der Waals surface area contributed by atoms with Gasteiger partial charge in [-0.3, -0.25) is 9.59 Å². The second-order valence-electron chi connectivity index (χ2n) is 4.78. The van der Waals surface area contributed by atoms with E-state index in [0.29, 0.717) is 12.4 Å². The van der Waals surface area contributed by atoms with Crippen molar-refractivity contribution in [1.82, 2.24) is 4.90 Å². The quantitative estimate of drug-likeness (QED) is 0.590. The molecule has 0 unspecified atom stereocenters. The van der Waals surface area contributed by atoms with Crippen molar-refractivity contribution in [2.45, 2.75) is 32.7 Å². The van der Waals surface area contributed by atoms with E-state index >= 15 is 0 Å². The van der Waals surface area contributed by atoms with E-state index in [1.807, 2.05) is 13.0 Å². The summed E-state index contributed by atoms with van der Waals surface area (Å²) in [5.41, 5.74) is 0. The summed E-state index contributed by atoms with van der Waals surface area (Å²) >= 11 is 0. The summed E-state index contributed by atoms with van der Waals surface area (Å²) in [7, 11) is 0. The molecule has 5 heteroatoms. The van der Waals surface area contributed by atoms with E-state index in [2.05, 4.69) is 0 Å². The predicted octanol–water partition coefficient (Wildman–Crippen LogP) is 2.16. The molecule has 1 aromatic rings. The number of aryl methyl sites for hydroxylation is 1. The maximum atomic E-state index is 12.1. The fourth-order valence-electron chi connectivity index (χ4n) is 1.91. The lowest BCUT2D eigenvalue weighted by Gasteiger charge is -2.19. The van der Waals surface area contributed by atoms with Crippen molar-refractivity contribution in [3.05, 3.63) is 29.7 Å². The first-order valence-electron chi connectivity index (χ1n) is 6.81. The molecule has 5 nitrogen and oxygen atoms in total. The molecule has 0 aromatic carbocycles. The first-order valence-corrected chi connectivity index (χ1v) is 6.81. The SMILES string of the molecule is CCOC(=O)CN(C(=O)C=Cc1ccc(C)o1)C1CC1. The molecule has 1 aliphatic carbocycles. The van der Waals surface area contributed by atoms with Crippen LogP contribution in [0.15, 0.2) is 22.6 Å². The smallest absolute Gasteiger partial charge is 0.325 e. The summed E-state index contributed by atoms with van der Waals surface area (Å²) in [6.07, 6.45) is 4.95. The third-order valence-electron chi connectivity index (χ3n) is 3.03. The highest BCUT2D eigenvalue weighted by atomic mass is 16.5. The van der Waals surface area contributed by atoms with Crippen molar-refractivity contribution >= 4 is 18.0 Å². The third-order valence-corrected chi connectivity index (χ3v) is 3.03. The molecule has 0 saturated heterocycles. The first kappa shape index (κ1) is 14.4. The second-order valence-corrected chi connectivity index (χ2v) is 4.78. The van der Waals surface area contributed by atoms with Gasteiger partial charge in [-0.2, -0.15) is 0 Å². The molecule has 0 radical (unpaired) electrons. The van der Waals surface area contributed by atoms with Crippen molar-refractivity contribution in [3.63, 3.8) is 0 Å². The lowest BCUT2D eigenvalue weighted by Crippen LogP contribution is -2.37. The average molecular weight is 277 g/mol. The van der Waals surface area contributed by atoms with Crippen LogP contribution >= 0.6 is 0 Å². The van der Waals surface area contributed by atoms with Gasteiger partial charge in [0.25, 0.3) is 0 Å². The number of esters is 1. The predicted molar refractivity (Wildman–Crippen MR) is 73.8 cm³/mol. The van der Waals surface area contributed by atoms with Crippen LogP contribution in [0, 0.1) is 6.92 Å². The first-order chi connectivity index (χ1) is 9.60. The number of carbonyl (C=O) groups is 2. The summed E-state index contributed by atoms with van der Waals surface area (Å²) < 4.78 is 10.3. The Kier molecular flexibility index (Phi) is 4.61. The summed E-state index contributed by atoms with van der Waals surface area (Å²) in [6, 6.07) is 3.79. The van der Waals surface area contributed by atoms with Gasteiger partial charge in [-0.15, -0.1) is 0 Å². The van der Waals surface area contributed by atoms with Gasteiger partial charge in [0.2, 0.25) is 5.91 Å². The van der Waals surface area contributed by atoms with Crippen molar-refractivity contribution in [2.75, 3.05) is 13.2 Å². The molecule has 1 saturated carbocycles. The molecule has 0 N–H and O–H groups in total. The van der Waals surface area contributed by atoms with Crippen molar-refractivity contribution < 1.29 is 18.7 Å². The highest BCUT2D eigenvalue weighted by molar-refractivity contribution is 5.93. The van der Waals surface area contributed by atoms with Crippen LogP contribution < -0.4 is 0 Å². The Hall–Kier alpha value is -2.04. The van der Waals surface area contributed by atoms with Crippen molar-refractivity contribution in [2.24, 2.45) is 0 Å². The van der Waals surface area contributed by atoms with Crippen LogP contribution in [0.2, 0.25) is 0 Å². The maximum absolute atomic E-state index is 12.1. The number of nitrogens with zero attached hydrogens (tertiary/aromatic N) is 1. The number of rotatable bonds is 6. The molecule has 0 aliphatic heterocycles. The number of ether oxygens (including phenoxy) is 1. The topological polar surface area (TPSA) is 59.8 Å². The van der Waals surface area contributed by atoms with Gasteiger partial charge in [0.15, 0.2) is 0 Å². The number of amides is 1. The highest BCUT2D eigenvalue weighted by Crippen LogP contribution is 2.27. The second kappa shape index (κ2) is 6.41. The molecule has 2 rings (SSSR count). The minimum absolute atomic E-state index is 0.0128. The summed E-state index contributed by atoms with van der Waals surface area (Å²) in [4.78, 5) is 25.2. The molecule has 0 bridgehead atoms. The van der Waals surface area contributed by atoms with E-state index in [4.69, 9.17) is 9.15 Å². The van der Waals surface area contributed by atoms with Crippen LogP contribution in [0.5, 0.6) is 0 Å². The summed E-state index contributed by atoms with van der Waals surface area (Å²) in [6.45, 7) is 3.93. The normalized spacial score (nSPS) is 14.5. The van der Waals surface area contributed by atoms with E-state index in [9.17, 15) is 9.59 Å². The lowest BCUT2D eigenvalue weighted by atomic mass is 10.3. The van der Waals surface area contributed by atoms with Gasteiger partial charge in [0.1, 0.15) is 18.1 Å². The maximum Gasteiger partial charge on any atom is 0.325 e. The highest BCUT2D eigenvalue weighted by Gasteiger charge is 2.33. The minimum Gasteiger partial charge on any atom is -0.465 e. The zero-order valence-corrected chi connectivity index (χ0v) is 11.8. The molecule has 108 valence electrons. The fourth-order valence-corrected chi connectivity index (χ4v) is 1.91. The zero-order valence-electron chi connectivity index (χ0n) is 11.8. The number of hydrogen-bond donors (Lipinski definition) is 0. The van der Waals surface area contributed by atoms with Gasteiger partial charge in [0.05, 0.1) is 6.61 Å². The van der Waals surface area contributed by atoms with E-state index in [1.54, 1.807) is 24.0 Å². The average Bonchev–Trinajstić information content (AvgIpc) is 3.16. The lowest BCUT2D eigenvalue weighted by molar-refractivity contribution is -0.148. The molecule has 1 heterocycles. The van der Waals surface area contributed by atoms with Gasteiger partial charge < -0.3 is 14.1 Å². The Morgan fingerprint density at radius 1 is 1.45 bits per heavy atom. The molecule has 1 aliphatic rings. The zero-order chi connectivity index (χ0) is 14.5. The molecule has 1 aromatic heterocycles. The van der Waals surface area contributed by atoms with Crippen molar-refractivity contribution in [3.8, 4) is 0 Å². The number of carbonyl (C=O) groups excluding carboxylic acids is 2. The standard InChI is InChI=1S/C15H19NO4/c1-3-19-15(18)10-16(12-5-6-12)14(17)9-8-13-7-4-11(2)20-13/h4,7-9,12H,3,5-6,10H2,1-2H3. The third kappa shape index (κ3) is 3.98. The van der Waals surface area contributed by atoms with Crippen molar-refractivity contribution in [1.29, 1.82) is 0 Å². The Labute approximate surface area is 118 Å². The molecule has 1 fully saturated rings. The fraction of sp³-hybridized carbons (Fsp3) is 0.467. The van der Waals surface area contributed by atoms with Crippen LogP contribution in [0.4, 0.5) is 0 Å². The van der Waals surface area contributed by atoms with Gasteiger partial charge in [-0.25, -0.2) is 0 Å². The van der Waals surface area contributed by atoms with Crippen LogP contribution in [0.3, 0.4) is 0 Å². The Morgan fingerprint density at radius 2 is 2.20 bits per heavy atom. The van der Waals surface area contributed by atoms with E-state index in [1.165, 1.54) is 6.08 Å². The monoisotopic (exact) mass is 277 g/mol. The summed E-state index contributed by atoms with van der Waals surface area (Å²) in [5.74, 6) is 0.870. The number of furan rings is 1. The molecular weight excluding hydrogens is 258 g/mol. The van der Waals surface area contributed by atoms with Crippen LogP contribution in [-0.2, 0) is 14.3 Å². The van der Waals surface area contributed by atoms with Crippen LogP contribution in [-0.4, -0.2) is 36.0 Å². The van der Waals surface area contributed by atoms with Gasteiger partial charge >= 0.3 is 5.97 Å². The molecular formula is C15H19NO4. The Balaban J connectivity index is 1.96. The molecule has 0 spiro atoms. The summed E-state index contributed by atoms with van der Waals surface area (Å²) in [5, 5.41) is 0.